The molecule has 194 valence electrons. The van der Waals surface area contributed by atoms with E-state index in [1.165, 1.54) is 0 Å². The number of aromatic amines is 1. The Hall–Kier alpha value is -4.08. The highest BCUT2D eigenvalue weighted by molar-refractivity contribution is 6.30. The van der Waals surface area contributed by atoms with Crippen molar-refractivity contribution in [1.82, 2.24) is 35.2 Å². The largest absolute Gasteiger partial charge is 0.506 e. The predicted octanol–water partition coefficient (Wildman–Crippen LogP) is 5.27. The first kappa shape index (κ1) is 25.6. The fourth-order valence-corrected chi connectivity index (χ4v) is 4.85. The number of nitrogens with zero attached hydrogens (tertiary/aromatic N) is 6. The van der Waals surface area contributed by atoms with Gasteiger partial charge in [0, 0.05) is 24.7 Å². The van der Waals surface area contributed by atoms with Crippen LogP contribution in [0.15, 0.2) is 60.8 Å². The average molecular weight is 530 g/mol. The van der Waals surface area contributed by atoms with Gasteiger partial charge in [-0.1, -0.05) is 67.4 Å². The number of unbranched alkanes of at least 4 members (excludes halogenated alkanes) is 1. The zero-order chi connectivity index (χ0) is 26.6. The quantitative estimate of drug-likeness (QED) is 0.237. The van der Waals surface area contributed by atoms with Crippen LogP contribution in [-0.4, -0.2) is 45.4 Å². The van der Waals surface area contributed by atoms with Crippen molar-refractivity contribution in [3.05, 3.63) is 94.3 Å². The molecule has 5 rings (SSSR count). The van der Waals surface area contributed by atoms with Gasteiger partial charge in [0.15, 0.2) is 5.15 Å². The molecule has 0 spiro atoms. The first-order valence-corrected chi connectivity index (χ1v) is 12.8. The Labute approximate surface area is 225 Å². The van der Waals surface area contributed by atoms with Gasteiger partial charge in [0.25, 0.3) is 0 Å². The summed E-state index contributed by atoms with van der Waals surface area (Å²) in [5.41, 5.74) is 5.07. The minimum absolute atomic E-state index is 0.0944. The lowest BCUT2D eigenvalue weighted by Gasteiger charge is -2.18. The van der Waals surface area contributed by atoms with E-state index in [0.29, 0.717) is 24.5 Å². The van der Waals surface area contributed by atoms with Gasteiger partial charge in [-0.05, 0) is 52.9 Å². The molecule has 0 aliphatic rings. The Balaban J connectivity index is 1.60. The third-order valence-electron chi connectivity index (χ3n) is 6.44. The molecular weight excluding hydrogens is 502 g/mol. The fraction of sp³-hybridized carbons (Fsp3) is 0.250. The Morgan fingerprint density at radius 2 is 1.89 bits per heavy atom. The number of aryl methyl sites for hydroxylation is 2. The molecule has 9 nitrogen and oxygen atoms in total. The van der Waals surface area contributed by atoms with Crippen LogP contribution in [0.3, 0.4) is 0 Å². The van der Waals surface area contributed by atoms with Crippen LogP contribution in [0.25, 0.3) is 22.5 Å². The van der Waals surface area contributed by atoms with Crippen molar-refractivity contribution in [3.63, 3.8) is 0 Å². The molecule has 0 saturated heterocycles. The molecule has 0 radical (unpaired) electrons. The third kappa shape index (κ3) is 5.16. The fourth-order valence-electron chi connectivity index (χ4n) is 4.55. The topological polar surface area (TPSA) is 126 Å². The van der Waals surface area contributed by atoms with Crippen molar-refractivity contribution in [2.45, 2.75) is 45.8 Å². The molecule has 0 fully saturated rings. The Morgan fingerprint density at radius 3 is 2.61 bits per heavy atom. The molecule has 0 aliphatic heterocycles. The van der Waals surface area contributed by atoms with Gasteiger partial charge in [0.2, 0.25) is 5.82 Å². The number of pyridine rings is 1. The monoisotopic (exact) mass is 529 g/mol. The van der Waals surface area contributed by atoms with E-state index in [9.17, 15) is 10.2 Å². The standard InChI is InChI=1S/C28H28ClN7O2/c1-3-4-10-23-31-27(29)25(26(38)24-22(37)13-17(2)15-30-24)36(23)16-18-11-12-20(19-8-6-5-7-9-19)21(14-18)28-32-34-35-33-28/h5-9,11-15,26,37-38H,3-4,10,16H2,1-2H3,(H,32,33,34,35). The molecule has 38 heavy (non-hydrogen) atoms. The number of imidazole rings is 1. The van der Waals surface area contributed by atoms with E-state index in [1.807, 2.05) is 60.0 Å². The lowest BCUT2D eigenvalue weighted by Crippen LogP contribution is -2.14. The summed E-state index contributed by atoms with van der Waals surface area (Å²) in [6.07, 6.45) is 2.93. The van der Waals surface area contributed by atoms with Crippen LogP contribution in [0.5, 0.6) is 5.75 Å². The number of hydrogen-bond acceptors (Lipinski definition) is 7. The van der Waals surface area contributed by atoms with Crippen molar-refractivity contribution >= 4 is 11.6 Å². The number of tetrazole rings is 1. The SMILES string of the molecule is CCCCc1nc(Cl)c(C(O)c2ncc(C)cc2O)n1Cc1ccc(-c2ccccc2)c(-c2nn[nH]n2)c1. The predicted molar refractivity (Wildman–Crippen MR) is 145 cm³/mol. The summed E-state index contributed by atoms with van der Waals surface area (Å²) in [4.78, 5) is 8.88. The van der Waals surface area contributed by atoms with E-state index in [1.54, 1.807) is 12.3 Å². The molecule has 0 saturated carbocycles. The van der Waals surface area contributed by atoms with Crippen LogP contribution in [0.2, 0.25) is 5.15 Å². The second kappa shape index (κ2) is 11.1. The zero-order valence-electron chi connectivity index (χ0n) is 21.1. The maximum atomic E-state index is 11.3. The van der Waals surface area contributed by atoms with Crippen molar-refractivity contribution in [3.8, 4) is 28.3 Å². The molecule has 0 amide bonds. The number of nitrogens with one attached hydrogen (secondary N) is 1. The summed E-state index contributed by atoms with van der Waals surface area (Å²) in [6, 6.07) is 17.7. The van der Waals surface area contributed by atoms with E-state index < -0.39 is 6.10 Å². The number of aromatic nitrogens is 7. The molecule has 3 N–H and O–H groups in total. The molecule has 10 heteroatoms. The van der Waals surface area contributed by atoms with Gasteiger partial charge in [-0.2, -0.15) is 5.21 Å². The van der Waals surface area contributed by atoms with Crippen LogP contribution in [0.1, 0.15) is 54.2 Å². The minimum atomic E-state index is -1.26. The number of rotatable bonds is 9. The van der Waals surface area contributed by atoms with Gasteiger partial charge in [-0.25, -0.2) is 4.98 Å². The Morgan fingerprint density at radius 1 is 1.08 bits per heavy atom. The normalized spacial score (nSPS) is 12.1. The first-order chi connectivity index (χ1) is 18.5. The molecule has 1 unspecified atom stereocenters. The summed E-state index contributed by atoms with van der Waals surface area (Å²) in [5, 5.41) is 36.8. The highest BCUT2D eigenvalue weighted by atomic mass is 35.5. The number of aliphatic hydroxyl groups excluding tert-OH is 1. The maximum absolute atomic E-state index is 11.3. The van der Waals surface area contributed by atoms with Crippen molar-refractivity contribution in [2.24, 2.45) is 0 Å². The molecule has 2 aromatic carbocycles. The lowest BCUT2D eigenvalue weighted by atomic mass is 9.97. The number of aromatic hydroxyl groups is 1. The van der Waals surface area contributed by atoms with Crippen LogP contribution >= 0.6 is 11.6 Å². The zero-order valence-corrected chi connectivity index (χ0v) is 21.9. The Kier molecular flexibility index (Phi) is 7.48. The smallest absolute Gasteiger partial charge is 0.205 e. The van der Waals surface area contributed by atoms with Gasteiger partial charge in [-0.3, -0.25) is 4.98 Å². The van der Waals surface area contributed by atoms with E-state index in [4.69, 9.17) is 11.6 Å². The molecule has 0 bridgehead atoms. The molecule has 3 heterocycles. The summed E-state index contributed by atoms with van der Waals surface area (Å²) >= 11 is 6.61. The van der Waals surface area contributed by atoms with Crippen molar-refractivity contribution in [2.75, 3.05) is 0 Å². The number of hydrogen-bond donors (Lipinski definition) is 3. The summed E-state index contributed by atoms with van der Waals surface area (Å²) in [7, 11) is 0. The van der Waals surface area contributed by atoms with E-state index in [0.717, 1.165) is 46.5 Å². The van der Waals surface area contributed by atoms with Gasteiger partial charge >= 0.3 is 0 Å². The van der Waals surface area contributed by atoms with E-state index >= 15 is 0 Å². The second-order valence-electron chi connectivity index (χ2n) is 9.19. The van der Waals surface area contributed by atoms with Crippen LogP contribution < -0.4 is 0 Å². The van der Waals surface area contributed by atoms with Gasteiger partial charge < -0.3 is 14.8 Å². The minimum Gasteiger partial charge on any atom is -0.506 e. The van der Waals surface area contributed by atoms with Gasteiger partial charge in [0.1, 0.15) is 23.4 Å². The number of H-pyrrole nitrogens is 1. The van der Waals surface area contributed by atoms with Crippen molar-refractivity contribution < 1.29 is 10.2 Å². The molecule has 3 aromatic heterocycles. The average Bonchev–Trinajstić information content (AvgIpc) is 3.56. The number of benzene rings is 2. The van der Waals surface area contributed by atoms with E-state index in [2.05, 4.69) is 37.5 Å². The molecule has 1 atom stereocenters. The van der Waals surface area contributed by atoms with E-state index in [-0.39, 0.29) is 16.6 Å². The van der Waals surface area contributed by atoms with Crippen LogP contribution in [0, 0.1) is 6.92 Å². The maximum Gasteiger partial charge on any atom is 0.205 e. The Bertz CT molecular complexity index is 1530. The highest BCUT2D eigenvalue weighted by Crippen LogP contribution is 2.35. The summed E-state index contributed by atoms with van der Waals surface area (Å²) in [5.74, 6) is 1.14. The lowest BCUT2D eigenvalue weighted by molar-refractivity contribution is 0.200. The van der Waals surface area contributed by atoms with Gasteiger partial charge in [0.05, 0.1) is 5.69 Å². The molecule has 5 aromatic rings. The second-order valence-corrected chi connectivity index (χ2v) is 9.55. The molecular formula is C28H28ClN7O2. The number of halogens is 1. The van der Waals surface area contributed by atoms with Crippen LogP contribution in [-0.2, 0) is 13.0 Å². The third-order valence-corrected chi connectivity index (χ3v) is 6.72. The van der Waals surface area contributed by atoms with Crippen LogP contribution in [0.4, 0.5) is 0 Å². The van der Waals surface area contributed by atoms with Gasteiger partial charge in [-0.15, -0.1) is 10.2 Å². The highest BCUT2D eigenvalue weighted by Gasteiger charge is 2.27. The molecule has 0 aliphatic carbocycles. The summed E-state index contributed by atoms with van der Waals surface area (Å²) < 4.78 is 1.92. The first-order valence-electron chi connectivity index (χ1n) is 12.5. The van der Waals surface area contributed by atoms with Crippen molar-refractivity contribution in [1.29, 1.82) is 0 Å². The summed E-state index contributed by atoms with van der Waals surface area (Å²) in [6.45, 7) is 4.32. The number of aliphatic hydroxyl groups is 1.